The van der Waals surface area contributed by atoms with Crippen LogP contribution < -0.4 is 5.43 Å². The molecule has 3 nitrogen and oxygen atoms in total. The van der Waals surface area contributed by atoms with Crippen molar-refractivity contribution in [3.8, 4) is 0 Å². The second-order valence-corrected chi connectivity index (χ2v) is 5.19. The molecule has 1 aromatic heterocycles. The van der Waals surface area contributed by atoms with E-state index in [0.29, 0.717) is 5.13 Å². The number of rotatable bonds is 3. The fraction of sp³-hybridized carbons (Fsp3) is 0.167. The average Bonchev–Trinajstić information content (AvgIpc) is 2.76. The number of alkyl halides is 3. The summed E-state index contributed by atoms with van der Waals surface area (Å²) in [4.78, 5) is 4.08. The highest BCUT2D eigenvalue weighted by Crippen LogP contribution is 2.33. The number of anilines is 1. The van der Waals surface area contributed by atoms with E-state index in [-0.39, 0.29) is 10.6 Å². The molecule has 2 rings (SSSR count). The summed E-state index contributed by atoms with van der Waals surface area (Å²) in [6, 6.07) is 3.52. The Kier molecular flexibility index (Phi) is 4.29. The number of nitrogens with one attached hydrogen (secondary N) is 1. The summed E-state index contributed by atoms with van der Waals surface area (Å²) in [5.41, 5.74) is 2.50. The van der Waals surface area contributed by atoms with Gasteiger partial charge in [-0.15, -0.1) is 11.3 Å². The molecule has 1 heterocycles. The van der Waals surface area contributed by atoms with Crippen LogP contribution in [0.1, 0.15) is 16.8 Å². The number of hydrazone groups is 1. The summed E-state index contributed by atoms with van der Waals surface area (Å²) < 4.78 is 38.5. The van der Waals surface area contributed by atoms with Crippen molar-refractivity contribution in [2.45, 2.75) is 13.1 Å². The first-order valence-corrected chi connectivity index (χ1v) is 6.70. The van der Waals surface area contributed by atoms with E-state index < -0.39 is 11.7 Å². The van der Waals surface area contributed by atoms with Crippen LogP contribution in [0.3, 0.4) is 0 Å². The second-order valence-electron chi connectivity index (χ2n) is 3.89. The molecule has 1 N–H and O–H groups in total. The molecule has 106 valence electrons. The van der Waals surface area contributed by atoms with Crippen LogP contribution in [0.5, 0.6) is 0 Å². The van der Waals surface area contributed by atoms with Crippen LogP contribution in [0.15, 0.2) is 28.7 Å². The topological polar surface area (TPSA) is 37.3 Å². The predicted octanol–water partition coefficient (Wildman–Crippen LogP) is 4.57. The van der Waals surface area contributed by atoms with Crippen LogP contribution in [0.4, 0.5) is 18.3 Å². The zero-order valence-corrected chi connectivity index (χ0v) is 11.8. The summed E-state index contributed by atoms with van der Waals surface area (Å²) in [5.74, 6) is 0. The van der Waals surface area contributed by atoms with Gasteiger partial charge in [0.2, 0.25) is 5.13 Å². The Bertz CT molecular complexity index is 637. The number of hydrogen-bond donors (Lipinski definition) is 1. The van der Waals surface area contributed by atoms with Gasteiger partial charge in [0, 0.05) is 16.0 Å². The number of aromatic nitrogens is 1. The standard InChI is InChI=1S/C12H9ClF3N3S/c1-7-6-20-11(18-7)19-17-5-8-2-3-9(13)4-10(8)12(14,15)16/h2-6H,1H3,(H,18,19). The Balaban J connectivity index is 2.20. The van der Waals surface area contributed by atoms with Crippen LogP contribution in [0.25, 0.3) is 0 Å². The molecule has 0 radical (unpaired) electrons. The van der Waals surface area contributed by atoms with Gasteiger partial charge in [-0.1, -0.05) is 17.7 Å². The minimum Gasteiger partial charge on any atom is -0.253 e. The van der Waals surface area contributed by atoms with Crippen LogP contribution in [-0.4, -0.2) is 11.2 Å². The van der Waals surface area contributed by atoms with Gasteiger partial charge >= 0.3 is 6.18 Å². The molecule has 0 saturated carbocycles. The van der Waals surface area contributed by atoms with Gasteiger partial charge in [-0.05, 0) is 19.1 Å². The lowest BCUT2D eigenvalue weighted by Crippen LogP contribution is -2.09. The molecule has 0 fully saturated rings. The smallest absolute Gasteiger partial charge is 0.253 e. The zero-order valence-electron chi connectivity index (χ0n) is 10.2. The summed E-state index contributed by atoms with van der Waals surface area (Å²) >= 11 is 6.90. The molecule has 8 heteroatoms. The predicted molar refractivity (Wildman–Crippen MR) is 74.5 cm³/mol. The highest BCUT2D eigenvalue weighted by atomic mass is 35.5. The number of thiazole rings is 1. The Labute approximate surface area is 122 Å². The monoisotopic (exact) mass is 319 g/mol. The Morgan fingerprint density at radius 2 is 2.15 bits per heavy atom. The summed E-state index contributed by atoms with van der Waals surface area (Å²) in [6.07, 6.45) is -3.39. The molecular formula is C12H9ClF3N3S. The van der Waals surface area contributed by atoms with Gasteiger partial charge in [-0.3, -0.25) is 5.43 Å². The lowest BCUT2D eigenvalue weighted by molar-refractivity contribution is -0.137. The van der Waals surface area contributed by atoms with E-state index in [0.717, 1.165) is 18.0 Å². The Morgan fingerprint density at radius 3 is 2.75 bits per heavy atom. The van der Waals surface area contributed by atoms with Crippen molar-refractivity contribution in [1.29, 1.82) is 0 Å². The van der Waals surface area contributed by atoms with Crippen molar-refractivity contribution in [2.75, 3.05) is 5.43 Å². The molecule has 0 amide bonds. The van der Waals surface area contributed by atoms with Crippen LogP contribution in [-0.2, 0) is 6.18 Å². The molecular weight excluding hydrogens is 311 g/mol. The van der Waals surface area contributed by atoms with Crippen molar-refractivity contribution in [3.63, 3.8) is 0 Å². The molecule has 20 heavy (non-hydrogen) atoms. The van der Waals surface area contributed by atoms with Gasteiger partial charge in [-0.25, -0.2) is 4.98 Å². The number of aryl methyl sites for hydroxylation is 1. The van der Waals surface area contributed by atoms with Crippen molar-refractivity contribution in [1.82, 2.24) is 4.98 Å². The minimum absolute atomic E-state index is 0.0259. The first kappa shape index (κ1) is 14.8. The minimum atomic E-state index is -4.48. The lowest BCUT2D eigenvalue weighted by atomic mass is 10.1. The molecule has 0 saturated heterocycles. The summed E-state index contributed by atoms with van der Waals surface area (Å²) in [6.45, 7) is 1.81. The van der Waals surface area contributed by atoms with Crippen molar-refractivity contribution >= 4 is 34.3 Å². The van der Waals surface area contributed by atoms with E-state index in [1.165, 1.54) is 23.5 Å². The molecule has 0 unspecified atom stereocenters. The van der Waals surface area contributed by atoms with E-state index in [4.69, 9.17) is 11.6 Å². The normalized spacial score (nSPS) is 12.1. The molecule has 2 aromatic rings. The first-order chi connectivity index (χ1) is 9.36. The van der Waals surface area contributed by atoms with Crippen LogP contribution >= 0.6 is 22.9 Å². The third-order valence-electron chi connectivity index (χ3n) is 2.30. The third-order valence-corrected chi connectivity index (χ3v) is 3.40. The number of halogens is 4. The van der Waals surface area contributed by atoms with E-state index in [1.807, 2.05) is 6.92 Å². The maximum absolute atomic E-state index is 12.8. The second kappa shape index (κ2) is 5.80. The molecule has 0 bridgehead atoms. The third kappa shape index (κ3) is 3.71. The highest BCUT2D eigenvalue weighted by molar-refractivity contribution is 7.13. The Morgan fingerprint density at radius 1 is 1.40 bits per heavy atom. The van der Waals surface area contributed by atoms with E-state index in [1.54, 1.807) is 5.38 Å². The van der Waals surface area contributed by atoms with Gasteiger partial charge in [0.15, 0.2) is 0 Å². The van der Waals surface area contributed by atoms with E-state index in [9.17, 15) is 13.2 Å². The molecule has 0 aliphatic carbocycles. The van der Waals surface area contributed by atoms with Gasteiger partial charge in [0.05, 0.1) is 17.5 Å². The fourth-order valence-corrected chi connectivity index (χ4v) is 2.26. The number of hydrogen-bond acceptors (Lipinski definition) is 4. The number of benzene rings is 1. The SMILES string of the molecule is Cc1csc(NN=Cc2ccc(Cl)cc2C(F)(F)F)n1. The maximum Gasteiger partial charge on any atom is 0.417 e. The van der Waals surface area contributed by atoms with Gasteiger partial charge in [-0.2, -0.15) is 18.3 Å². The van der Waals surface area contributed by atoms with E-state index in [2.05, 4.69) is 15.5 Å². The fourth-order valence-electron chi connectivity index (χ4n) is 1.45. The first-order valence-electron chi connectivity index (χ1n) is 5.44. The van der Waals surface area contributed by atoms with Gasteiger partial charge in [0.25, 0.3) is 0 Å². The molecule has 0 aliphatic heterocycles. The lowest BCUT2D eigenvalue weighted by Gasteiger charge is -2.10. The Hall–Kier alpha value is -1.60. The van der Waals surface area contributed by atoms with E-state index >= 15 is 0 Å². The summed E-state index contributed by atoms with van der Waals surface area (Å²) in [7, 11) is 0. The molecule has 0 atom stereocenters. The average molecular weight is 320 g/mol. The van der Waals surface area contributed by atoms with Gasteiger partial charge < -0.3 is 0 Å². The largest absolute Gasteiger partial charge is 0.417 e. The molecule has 1 aromatic carbocycles. The molecule has 0 aliphatic rings. The van der Waals surface area contributed by atoms with Crippen LogP contribution in [0, 0.1) is 6.92 Å². The van der Waals surface area contributed by atoms with Gasteiger partial charge in [0.1, 0.15) is 0 Å². The van der Waals surface area contributed by atoms with Crippen molar-refractivity contribution in [2.24, 2.45) is 5.10 Å². The quantitative estimate of drug-likeness (QED) is 0.664. The number of nitrogens with zero attached hydrogens (tertiary/aromatic N) is 2. The molecule has 0 spiro atoms. The highest BCUT2D eigenvalue weighted by Gasteiger charge is 2.33. The van der Waals surface area contributed by atoms with Crippen LogP contribution in [0.2, 0.25) is 5.02 Å². The van der Waals surface area contributed by atoms with Crippen molar-refractivity contribution in [3.05, 3.63) is 45.4 Å². The zero-order chi connectivity index (χ0) is 14.8. The maximum atomic E-state index is 12.8. The van der Waals surface area contributed by atoms with Crippen molar-refractivity contribution < 1.29 is 13.2 Å². The summed E-state index contributed by atoms with van der Waals surface area (Å²) in [5, 5.41) is 6.11.